The summed E-state index contributed by atoms with van der Waals surface area (Å²) in [6.07, 6.45) is 2.29. The zero-order chi connectivity index (χ0) is 12.4. The van der Waals surface area contributed by atoms with Crippen LogP contribution in [-0.2, 0) is 9.47 Å². The molecule has 0 radical (unpaired) electrons. The maximum Gasteiger partial charge on any atom is 0.0707 e. The Hall–Kier alpha value is -0.120. The zero-order valence-electron chi connectivity index (χ0n) is 11.6. The van der Waals surface area contributed by atoms with Crippen LogP contribution in [0.1, 0.15) is 47.5 Å². The normalized spacial score (nSPS) is 14.1. The van der Waals surface area contributed by atoms with Crippen molar-refractivity contribution in [3.8, 4) is 0 Å². The predicted octanol–water partition coefficient (Wildman–Crippen LogP) is 2.60. The Morgan fingerprint density at radius 3 is 2.38 bits per heavy atom. The van der Waals surface area contributed by atoms with Gasteiger partial charge in [0.25, 0.3) is 0 Å². The molecule has 3 heteroatoms. The highest BCUT2D eigenvalue weighted by Gasteiger charge is 2.08. The van der Waals surface area contributed by atoms with Crippen molar-refractivity contribution in [3.05, 3.63) is 0 Å². The lowest BCUT2D eigenvalue weighted by molar-refractivity contribution is -0.0352. The molecule has 3 nitrogen and oxygen atoms in total. The quantitative estimate of drug-likeness (QED) is 0.619. The number of hydrogen-bond donors (Lipinski definition) is 1. The van der Waals surface area contributed by atoms with Crippen LogP contribution in [0.4, 0.5) is 0 Å². The first-order chi connectivity index (χ1) is 7.45. The molecule has 0 heterocycles. The first-order valence-electron chi connectivity index (χ1n) is 6.41. The van der Waals surface area contributed by atoms with Crippen LogP contribution in [0.2, 0.25) is 0 Å². The molecule has 16 heavy (non-hydrogen) atoms. The van der Waals surface area contributed by atoms with Crippen LogP contribution in [-0.4, -0.2) is 38.0 Å². The molecule has 0 bridgehead atoms. The van der Waals surface area contributed by atoms with E-state index in [-0.39, 0.29) is 5.60 Å². The van der Waals surface area contributed by atoms with E-state index in [4.69, 9.17) is 9.47 Å². The molecule has 0 amide bonds. The van der Waals surface area contributed by atoms with Crippen molar-refractivity contribution < 1.29 is 9.47 Å². The number of nitrogens with one attached hydrogen (secondary N) is 1. The van der Waals surface area contributed by atoms with Crippen LogP contribution in [0.25, 0.3) is 0 Å². The van der Waals surface area contributed by atoms with Crippen LogP contribution < -0.4 is 5.32 Å². The lowest BCUT2D eigenvalue weighted by Gasteiger charge is -2.19. The maximum atomic E-state index is 5.56. The van der Waals surface area contributed by atoms with E-state index >= 15 is 0 Å². The van der Waals surface area contributed by atoms with E-state index in [1.54, 1.807) is 0 Å². The largest absolute Gasteiger partial charge is 0.379 e. The molecule has 0 aliphatic rings. The summed E-state index contributed by atoms with van der Waals surface area (Å²) in [5.41, 5.74) is -0.0527. The van der Waals surface area contributed by atoms with Gasteiger partial charge in [-0.25, -0.2) is 0 Å². The van der Waals surface area contributed by atoms with E-state index < -0.39 is 0 Å². The van der Waals surface area contributed by atoms with Gasteiger partial charge in [-0.15, -0.1) is 0 Å². The monoisotopic (exact) mass is 231 g/mol. The summed E-state index contributed by atoms with van der Waals surface area (Å²) in [6, 6.07) is 0.597. The van der Waals surface area contributed by atoms with Crippen LogP contribution in [0.5, 0.6) is 0 Å². The topological polar surface area (TPSA) is 30.5 Å². The fraction of sp³-hybridized carbons (Fsp3) is 1.00. The van der Waals surface area contributed by atoms with Crippen molar-refractivity contribution in [1.29, 1.82) is 0 Å². The zero-order valence-corrected chi connectivity index (χ0v) is 11.6. The summed E-state index contributed by atoms with van der Waals surface area (Å²) in [7, 11) is 0. The van der Waals surface area contributed by atoms with Gasteiger partial charge < -0.3 is 14.8 Å². The molecule has 0 aromatic heterocycles. The Bertz CT molecular complexity index is 155. The second-order valence-electron chi connectivity index (χ2n) is 5.17. The highest BCUT2D eigenvalue weighted by atomic mass is 16.5. The first kappa shape index (κ1) is 15.9. The van der Waals surface area contributed by atoms with E-state index in [1.165, 1.54) is 6.42 Å². The van der Waals surface area contributed by atoms with Gasteiger partial charge in [-0.1, -0.05) is 6.92 Å². The molecule has 0 saturated heterocycles. The fourth-order valence-electron chi connectivity index (χ4n) is 1.45. The van der Waals surface area contributed by atoms with Gasteiger partial charge in [-0.05, 0) is 47.1 Å². The minimum atomic E-state index is -0.0527. The molecule has 0 fully saturated rings. The van der Waals surface area contributed by atoms with Crippen molar-refractivity contribution in [2.45, 2.75) is 59.1 Å². The third kappa shape index (κ3) is 12.0. The van der Waals surface area contributed by atoms with Crippen molar-refractivity contribution in [2.75, 3.05) is 26.4 Å². The highest BCUT2D eigenvalue weighted by molar-refractivity contribution is 4.59. The SMILES string of the molecule is CCNC(C)CCCOCCOC(C)(C)C. The van der Waals surface area contributed by atoms with Crippen molar-refractivity contribution in [1.82, 2.24) is 5.32 Å². The lowest BCUT2D eigenvalue weighted by Crippen LogP contribution is -2.25. The van der Waals surface area contributed by atoms with E-state index in [0.29, 0.717) is 19.3 Å². The highest BCUT2D eigenvalue weighted by Crippen LogP contribution is 2.05. The summed E-state index contributed by atoms with van der Waals surface area (Å²) < 4.78 is 11.1. The standard InChI is InChI=1S/C13H29NO2/c1-6-14-12(2)8-7-9-15-10-11-16-13(3,4)5/h12,14H,6-11H2,1-5H3. The molecule has 0 rings (SSSR count). The van der Waals surface area contributed by atoms with Gasteiger partial charge in [0, 0.05) is 12.6 Å². The molecule has 0 aromatic carbocycles. The Morgan fingerprint density at radius 2 is 1.81 bits per heavy atom. The second-order valence-corrected chi connectivity index (χ2v) is 5.17. The van der Waals surface area contributed by atoms with Crippen molar-refractivity contribution in [3.63, 3.8) is 0 Å². The molecule has 1 unspecified atom stereocenters. The average molecular weight is 231 g/mol. The average Bonchev–Trinajstić information content (AvgIpc) is 2.15. The molecule has 0 saturated carbocycles. The molecule has 0 aromatic rings. The van der Waals surface area contributed by atoms with Crippen LogP contribution in [0, 0.1) is 0 Å². The summed E-state index contributed by atoms with van der Waals surface area (Å²) in [4.78, 5) is 0. The van der Waals surface area contributed by atoms with Gasteiger partial charge in [0.1, 0.15) is 0 Å². The van der Waals surface area contributed by atoms with Gasteiger partial charge in [-0.3, -0.25) is 0 Å². The third-order valence-electron chi connectivity index (χ3n) is 2.24. The Balaban J connectivity index is 3.16. The summed E-state index contributed by atoms with van der Waals surface area (Å²) in [6.45, 7) is 13.8. The first-order valence-corrected chi connectivity index (χ1v) is 6.41. The van der Waals surface area contributed by atoms with Crippen molar-refractivity contribution >= 4 is 0 Å². The van der Waals surface area contributed by atoms with Gasteiger partial charge in [-0.2, -0.15) is 0 Å². The molecule has 1 atom stereocenters. The molecule has 1 N–H and O–H groups in total. The molecule has 0 aliphatic carbocycles. The molecule has 0 spiro atoms. The van der Waals surface area contributed by atoms with Crippen LogP contribution >= 0.6 is 0 Å². The lowest BCUT2D eigenvalue weighted by atomic mass is 10.2. The van der Waals surface area contributed by atoms with Crippen LogP contribution in [0.3, 0.4) is 0 Å². The Kier molecular flexibility index (Phi) is 8.90. The number of hydrogen-bond acceptors (Lipinski definition) is 3. The van der Waals surface area contributed by atoms with Gasteiger partial charge in [0.2, 0.25) is 0 Å². The predicted molar refractivity (Wildman–Crippen MR) is 68.9 cm³/mol. The number of ether oxygens (including phenoxy) is 2. The summed E-state index contributed by atoms with van der Waals surface area (Å²) in [5.74, 6) is 0. The second kappa shape index (κ2) is 8.97. The van der Waals surface area contributed by atoms with E-state index in [1.807, 2.05) is 0 Å². The van der Waals surface area contributed by atoms with Gasteiger partial charge in [0.05, 0.1) is 18.8 Å². The minimum absolute atomic E-state index is 0.0527. The van der Waals surface area contributed by atoms with Crippen LogP contribution in [0.15, 0.2) is 0 Å². The Labute approximate surface area is 101 Å². The summed E-state index contributed by atoms with van der Waals surface area (Å²) in [5, 5.41) is 3.39. The summed E-state index contributed by atoms with van der Waals surface area (Å²) >= 11 is 0. The fourth-order valence-corrected chi connectivity index (χ4v) is 1.45. The smallest absolute Gasteiger partial charge is 0.0707 e. The molecular weight excluding hydrogens is 202 g/mol. The maximum absolute atomic E-state index is 5.56. The van der Waals surface area contributed by atoms with E-state index in [2.05, 4.69) is 39.9 Å². The van der Waals surface area contributed by atoms with Gasteiger partial charge in [0.15, 0.2) is 0 Å². The number of rotatable bonds is 9. The molecule has 98 valence electrons. The minimum Gasteiger partial charge on any atom is -0.379 e. The van der Waals surface area contributed by atoms with Crippen molar-refractivity contribution in [2.24, 2.45) is 0 Å². The van der Waals surface area contributed by atoms with E-state index in [0.717, 1.165) is 19.6 Å². The third-order valence-corrected chi connectivity index (χ3v) is 2.24. The molecule has 0 aliphatic heterocycles. The van der Waals surface area contributed by atoms with E-state index in [9.17, 15) is 0 Å². The Morgan fingerprint density at radius 1 is 1.12 bits per heavy atom. The molecular formula is C13H29NO2. The van der Waals surface area contributed by atoms with Gasteiger partial charge >= 0.3 is 0 Å².